The summed E-state index contributed by atoms with van der Waals surface area (Å²) in [5.41, 5.74) is 1.22. The van der Waals surface area contributed by atoms with Crippen molar-refractivity contribution in [2.24, 2.45) is 5.92 Å². The Morgan fingerprint density at radius 2 is 1.90 bits per heavy atom. The number of likely N-dealkylation sites (tertiary alicyclic amines) is 1. The maximum absolute atomic E-state index is 11.5. The lowest BCUT2D eigenvalue weighted by molar-refractivity contribution is -0.142. The topological polar surface area (TPSA) is 40.5 Å². The fourth-order valence-corrected chi connectivity index (χ4v) is 3.82. The maximum Gasteiger partial charge on any atom is 0.320 e. The molecule has 1 aliphatic carbocycles. The van der Waals surface area contributed by atoms with Crippen LogP contribution in [0.2, 0.25) is 0 Å². The second-order valence-corrected chi connectivity index (χ2v) is 5.86. The van der Waals surface area contributed by atoms with E-state index in [9.17, 15) is 9.90 Å². The van der Waals surface area contributed by atoms with Crippen LogP contribution in [0.1, 0.15) is 37.7 Å². The van der Waals surface area contributed by atoms with E-state index in [1.807, 2.05) is 18.2 Å². The van der Waals surface area contributed by atoms with Gasteiger partial charge in [0, 0.05) is 12.6 Å². The van der Waals surface area contributed by atoms with Crippen molar-refractivity contribution in [2.75, 3.05) is 0 Å². The van der Waals surface area contributed by atoms with Crippen molar-refractivity contribution >= 4 is 18.4 Å². The molecule has 2 aliphatic rings. The van der Waals surface area contributed by atoms with Crippen LogP contribution in [0.15, 0.2) is 30.3 Å². The summed E-state index contributed by atoms with van der Waals surface area (Å²) in [6, 6.07) is 10.4. The highest BCUT2D eigenvalue weighted by atomic mass is 35.5. The highest BCUT2D eigenvalue weighted by Gasteiger charge is 2.44. The highest BCUT2D eigenvalue weighted by Crippen LogP contribution is 2.40. The minimum absolute atomic E-state index is 0. The normalized spacial score (nSPS) is 29.5. The minimum atomic E-state index is -0.648. The first-order chi connectivity index (χ1) is 9.25. The number of nitrogens with zero attached hydrogens (tertiary/aromatic N) is 1. The second kappa shape index (κ2) is 6.59. The molecule has 3 atom stereocenters. The lowest BCUT2D eigenvalue weighted by atomic mass is 9.84. The van der Waals surface area contributed by atoms with Crippen molar-refractivity contribution in [1.29, 1.82) is 0 Å². The summed E-state index contributed by atoms with van der Waals surface area (Å²) in [4.78, 5) is 13.7. The molecule has 20 heavy (non-hydrogen) atoms. The van der Waals surface area contributed by atoms with Gasteiger partial charge in [0.25, 0.3) is 0 Å². The van der Waals surface area contributed by atoms with E-state index in [-0.39, 0.29) is 18.4 Å². The fourth-order valence-electron chi connectivity index (χ4n) is 3.82. The molecule has 3 nitrogen and oxygen atoms in total. The van der Waals surface area contributed by atoms with Crippen LogP contribution < -0.4 is 0 Å². The number of fused-ring (bicyclic) bond motifs is 1. The lowest BCUT2D eigenvalue weighted by Gasteiger charge is -2.33. The third kappa shape index (κ3) is 2.99. The first kappa shape index (κ1) is 15.3. The highest BCUT2D eigenvalue weighted by molar-refractivity contribution is 5.85. The summed E-state index contributed by atoms with van der Waals surface area (Å²) in [5.74, 6) is -0.0520. The SMILES string of the molecule is Cl.O=C(O)[C@@H]1C[C@@H]2CCCCC2N1Cc1ccccc1. The number of carboxylic acids is 1. The van der Waals surface area contributed by atoms with Crippen LogP contribution in [0.3, 0.4) is 0 Å². The van der Waals surface area contributed by atoms with E-state index in [0.717, 1.165) is 13.0 Å². The van der Waals surface area contributed by atoms with Crippen LogP contribution in [0.5, 0.6) is 0 Å². The van der Waals surface area contributed by atoms with E-state index in [1.165, 1.54) is 31.2 Å². The molecule has 1 saturated heterocycles. The molecule has 0 spiro atoms. The summed E-state index contributed by atoms with van der Waals surface area (Å²) in [6.45, 7) is 0.777. The standard InChI is InChI=1S/C16H21NO2.ClH/c18-16(19)15-10-13-8-4-5-9-14(13)17(15)11-12-6-2-1-3-7-12;/h1-3,6-7,13-15H,4-5,8-11H2,(H,18,19);1H/t13-,14?,15-;/m0./s1. The Morgan fingerprint density at radius 3 is 2.60 bits per heavy atom. The molecule has 2 fully saturated rings. The van der Waals surface area contributed by atoms with Gasteiger partial charge in [-0.1, -0.05) is 43.2 Å². The fraction of sp³-hybridized carbons (Fsp3) is 0.562. The van der Waals surface area contributed by atoms with Crippen molar-refractivity contribution in [2.45, 2.75) is 50.7 Å². The molecule has 0 radical (unpaired) electrons. The predicted molar refractivity (Wildman–Crippen MR) is 81.0 cm³/mol. The monoisotopic (exact) mass is 295 g/mol. The van der Waals surface area contributed by atoms with E-state index >= 15 is 0 Å². The average Bonchev–Trinajstić information content (AvgIpc) is 2.79. The second-order valence-electron chi connectivity index (χ2n) is 5.86. The summed E-state index contributed by atoms with van der Waals surface area (Å²) >= 11 is 0. The minimum Gasteiger partial charge on any atom is -0.480 e. The smallest absolute Gasteiger partial charge is 0.320 e. The molecule has 1 aromatic carbocycles. The van der Waals surface area contributed by atoms with Gasteiger partial charge in [0.15, 0.2) is 0 Å². The quantitative estimate of drug-likeness (QED) is 0.930. The number of carbonyl (C=O) groups is 1. The van der Waals surface area contributed by atoms with Gasteiger partial charge < -0.3 is 5.11 Å². The zero-order valence-corrected chi connectivity index (χ0v) is 12.4. The number of benzene rings is 1. The van der Waals surface area contributed by atoms with Crippen LogP contribution in [-0.4, -0.2) is 28.1 Å². The van der Waals surface area contributed by atoms with Crippen molar-refractivity contribution in [3.8, 4) is 0 Å². The Balaban J connectivity index is 0.00000147. The number of halogens is 1. The Bertz CT molecular complexity index is 451. The molecule has 1 aromatic rings. The van der Waals surface area contributed by atoms with Gasteiger partial charge in [-0.3, -0.25) is 9.69 Å². The number of aliphatic carboxylic acids is 1. The molecular formula is C16H22ClNO2. The molecule has 1 unspecified atom stereocenters. The Kier molecular flexibility index (Phi) is 5.06. The van der Waals surface area contributed by atoms with Gasteiger partial charge in [-0.2, -0.15) is 0 Å². The third-order valence-electron chi connectivity index (χ3n) is 4.71. The Hall–Kier alpha value is -1.06. The Morgan fingerprint density at radius 1 is 1.20 bits per heavy atom. The number of carboxylic acid groups (broad SMARTS) is 1. The van der Waals surface area contributed by atoms with Crippen molar-refractivity contribution in [3.05, 3.63) is 35.9 Å². The van der Waals surface area contributed by atoms with Crippen LogP contribution in [0.25, 0.3) is 0 Å². The molecule has 0 aromatic heterocycles. The molecule has 1 saturated carbocycles. The van der Waals surface area contributed by atoms with Gasteiger partial charge in [0.1, 0.15) is 6.04 Å². The summed E-state index contributed by atoms with van der Waals surface area (Å²) in [7, 11) is 0. The van der Waals surface area contributed by atoms with Gasteiger partial charge in [0.2, 0.25) is 0 Å². The zero-order chi connectivity index (χ0) is 13.2. The Labute approximate surface area is 126 Å². The molecule has 1 aliphatic heterocycles. The summed E-state index contributed by atoms with van der Waals surface area (Å²) in [5, 5.41) is 9.47. The third-order valence-corrected chi connectivity index (χ3v) is 4.71. The van der Waals surface area contributed by atoms with Crippen molar-refractivity contribution < 1.29 is 9.90 Å². The summed E-state index contributed by atoms with van der Waals surface area (Å²) < 4.78 is 0. The number of rotatable bonds is 3. The maximum atomic E-state index is 11.5. The first-order valence-electron chi connectivity index (χ1n) is 7.28. The molecular weight excluding hydrogens is 274 g/mol. The molecule has 0 amide bonds. The number of hydrogen-bond acceptors (Lipinski definition) is 2. The van der Waals surface area contributed by atoms with Crippen LogP contribution in [-0.2, 0) is 11.3 Å². The average molecular weight is 296 g/mol. The van der Waals surface area contributed by atoms with Gasteiger partial charge in [-0.25, -0.2) is 0 Å². The molecule has 3 rings (SSSR count). The van der Waals surface area contributed by atoms with Gasteiger partial charge in [0.05, 0.1) is 0 Å². The van der Waals surface area contributed by atoms with Gasteiger partial charge in [-0.05, 0) is 30.7 Å². The van der Waals surface area contributed by atoms with Crippen molar-refractivity contribution in [1.82, 2.24) is 4.90 Å². The molecule has 1 heterocycles. The molecule has 1 N–H and O–H groups in total. The lowest BCUT2D eigenvalue weighted by Crippen LogP contribution is -2.41. The first-order valence-corrected chi connectivity index (χ1v) is 7.28. The van der Waals surface area contributed by atoms with E-state index < -0.39 is 5.97 Å². The van der Waals surface area contributed by atoms with Gasteiger partial charge >= 0.3 is 5.97 Å². The van der Waals surface area contributed by atoms with Crippen LogP contribution >= 0.6 is 12.4 Å². The zero-order valence-electron chi connectivity index (χ0n) is 11.6. The molecule has 4 heteroatoms. The van der Waals surface area contributed by atoms with Crippen LogP contribution in [0, 0.1) is 5.92 Å². The molecule has 0 bridgehead atoms. The molecule has 110 valence electrons. The van der Waals surface area contributed by atoms with Crippen molar-refractivity contribution in [3.63, 3.8) is 0 Å². The van der Waals surface area contributed by atoms with E-state index in [4.69, 9.17) is 0 Å². The number of hydrogen-bond donors (Lipinski definition) is 1. The predicted octanol–water partition coefficient (Wildman–Crippen LogP) is 3.33. The van der Waals surface area contributed by atoms with Crippen LogP contribution in [0.4, 0.5) is 0 Å². The van der Waals surface area contributed by atoms with E-state index in [1.54, 1.807) is 0 Å². The van der Waals surface area contributed by atoms with E-state index in [2.05, 4.69) is 17.0 Å². The van der Waals surface area contributed by atoms with Gasteiger partial charge in [-0.15, -0.1) is 12.4 Å². The largest absolute Gasteiger partial charge is 0.480 e. The van der Waals surface area contributed by atoms with E-state index in [0.29, 0.717) is 12.0 Å². The summed E-state index contributed by atoms with van der Waals surface area (Å²) in [6.07, 6.45) is 5.74.